The van der Waals surface area contributed by atoms with Gasteiger partial charge in [0, 0.05) is 25.5 Å². The molecular weight excluding hydrogens is 318 g/mol. The number of hydrogen-bond acceptors (Lipinski definition) is 4. The van der Waals surface area contributed by atoms with Crippen molar-refractivity contribution in [3.8, 4) is 0 Å². The monoisotopic (exact) mass is 343 g/mol. The van der Waals surface area contributed by atoms with Crippen LogP contribution in [-0.2, 0) is 20.7 Å². The molecule has 3 heterocycles. The van der Waals surface area contributed by atoms with E-state index >= 15 is 0 Å². The van der Waals surface area contributed by atoms with E-state index in [4.69, 9.17) is 4.74 Å². The number of aromatic nitrogens is 2. The van der Waals surface area contributed by atoms with Gasteiger partial charge in [-0.05, 0) is 31.4 Å². The molecule has 0 aliphatic carbocycles. The van der Waals surface area contributed by atoms with E-state index in [9.17, 15) is 9.59 Å². The molecule has 1 aliphatic heterocycles. The first-order chi connectivity index (χ1) is 12.0. The maximum absolute atomic E-state index is 12.7. The van der Waals surface area contributed by atoms with Crippen molar-refractivity contribution in [2.45, 2.75) is 33.6 Å². The second-order valence-electron chi connectivity index (χ2n) is 6.97. The van der Waals surface area contributed by atoms with Crippen molar-refractivity contribution < 1.29 is 14.3 Å². The van der Waals surface area contributed by atoms with Crippen molar-refractivity contribution >= 4 is 17.5 Å². The maximum Gasteiger partial charge on any atom is 0.314 e. The van der Waals surface area contributed by atoms with Gasteiger partial charge in [0.05, 0.1) is 24.1 Å². The summed E-state index contributed by atoms with van der Waals surface area (Å²) in [6.45, 7) is 7.23. The summed E-state index contributed by atoms with van der Waals surface area (Å²) in [6.07, 6.45) is 4.69. The van der Waals surface area contributed by atoms with Crippen LogP contribution in [0.1, 0.15) is 32.9 Å². The number of nitrogens with zero attached hydrogens (tertiary/aromatic N) is 3. The van der Waals surface area contributed by atoms with Crippen molar-refractivity contribution in [3.63, 3.8) is 0 Å². The molecule has 25 heavy (non-hydrogen) atoms. The van der Waals surface area contributed by atoms with Crippen molar-refractivity contribution in [1.29, 1.82) is 0 Å². The van der Waals surface area contributed by atoms with E-state index in [2.05, 4.69) is 4.98 Å². The van der Waals surface area contributed by atoms with Gasteiger partial charge < -0.3 is 14.0 Å². The van der Waals surface area contributed by atoms with Crippen molar-refractivity contribution in [1.82, 2.24) is 14.3 Å². The van der Waals surface area contributed by atoms with Crippen LogP contribution in [-0.4, -0.2) is 45.9 Å². The van der Waals surface area contributed by atoms with Crippen LogP contribution in [0.15, 0.2) is 30.6 Å². The molecule has 0 N–H and O–H groups in total. The summed E-state index contributed by atoms with van der Waals surface area (Å²) < 4.78 is 7.19. The zero-order chi connectivity index (χ0) is 18.0. The van der Waals surface area contributed by atoms with E-state index in [-0.39, 0.29) is 24.2 Å². The molecule has 0 saturated carbocycles. The molecule has 1 fully saturated rings. The molecule has 1 atom stereocenters. The van der Waals surface area contributed by atoms with Gasteiger partial charge in [0.1, 0.15) is 5.65 Å². The second-order valence-corrected chi connectivity index (χ2v) is 6.97. The van der Waals surface area contributed by atoms with Crippen LogP contribution in [0.5, 0.6) is 0 Å². The largest absolute Gasteiger partial charge is 0.466 e. The fourth-order valence-electron chi connectivity index (χ4n) is 3.53. The number of ether oxygens (including phenoxy) is 1. The molecule has 2 aromatic rings. The molecule has 6 nitrogen and oxygen atoms in total. The molecule has 0 aromatic carbocycles. The Kier molecular flexibility index (Phi) is 4.79. The van der Waals surface area contributed by atoms with Crippen molar-refractivity contribution in [3.05, 3.63) is 36.3 Å². The van der Waals surface area contributed by atoms with E-state index in [0.29, 0.717) is 26.1 Å². The van der Waals surface area contributed by atoms with Crippen molar-refractivity contribution in [2.75, 3.05) is 19.7 Å². The van der Waals surface area contributed by atoms with Gasteiger partial charge in [-0.3, -0.25) is 9.59 Å². The number of imidazole rings is 1. The van der Waals surface area contributed by atoms with Crippen LogP contribution in [0.3, 0.4) is 0 Å². The summed E-state index contributed by atoms with van der Waals surface area (Å²) in [7, 11) is 0. The molecule has 2 aromatic heterocycles. The highest BCUT2D eigenvalue weighted by Crippen LogP contribution is 2.39. The number of amides is 1. The molecule has 0 bridgehead atoms. The van der Waals surface area contributed by atoms with Gasteiger partial charge in [0.2, 0.25) is 5.91 Å². The minimum Gasteiger partial charge on any atom is -0.466 e. The molecule has 1 saturated heterocycles. The Bertz CT molecular complexity index is 750. The van der Waals surface area contributed by atoms with Gasteiger partial charge in [-0.25, -0.2) is 4.98 Å². The normalized spacial score (nSPS) is 20.4. The smallest absolute Gasteiger partial charge is 0.314 e. The van der Waals surface area contributed by atoms with Gasteiger partial charge in [-0.15, -0.1) is 0 Å². The number of fused-ring (bicyclic) bond motifs is 1. The van der Waals surface area contributed by atoms with E-state index < -0.39 is 5.41 Å². The van der Waals surface area contributed by atoms with Crippen LogP contribution in [0.2, 0.25) is 0 Å². The molecule has 3 rings (SSSR count). The van der Waals surface area contributed by atoms with Crippen LogP contribution in [0.25, 0.3) is 5.65 Å². The third-order valence-electron chi connectivity index (χ3n) is 5.19. The molecule has 134 valence electrons. The van der Waals surface area contributed by atoms with E-state index in [1.807, 2.05) is 55.8 Å². The highest BCUT2D eigenvalue weighted by Gasteiger charge is 2.49. The lowest BCUT2D eigenvalue weighted by Crippen LogP contribution is -2.42. The Morgan fingerprint density at radius 1 is 1.36 bits per heavy atom. The first-order valence-corrected chi connectivity index (χ1v) is 8.84. The number of hydrogen-bond donors (Lipinski definition) is 0. The van der Waals surface area contributed by atoms with Gasteiger partial charge >= 0.3 is 5.97 Å². The molecule has 0 spiro atoms. The number of carbonyl (C=O) groups excluding carboxylic acids is 2. The zero-order valence-corrected chi connectivity index (χ0v) is 15.1. The maximum atomic E-state index is 12.7. The Balaban J connectivity index is 1.71. The number of esters is 1. The van der Waals surface area contributed by atoms with E-state index in [1.165, 1.54) is 0 Å². The highest BCUT2D eigenvalue weighted by atomic mass is 16.5. The third-order valence-corrected chi connectivity index (χ3v) is 5.19. The Morgan fingerprint density at radius 2 is 2.16 bits per heavy atom. The standard InChI is InChI=1S/C19H25N3O3/c1-4-25-18(24)19(14(2)3)8-10-22(13-19)17(23)11-15-12-21-9-6-5-7-16(21)20-15/h5-7,9,12,14H,4,8,10-11,13H2,1-3H3/t19-/m1/s1. The zero-order valence-electron chi connectivity index (χ0n) is 15.1. The summed E-state index contributed by atoms with van der Waals surface area (Å²) in [5, 5.41) is 0. The highest BCUT2D eigenvalue weighted by molar-refractivity contribution is 5.83. The lowest BCUT2D eigenvalue weighted by molar-refractivity contribution is -0.157. The minimum atomic E-state index is -0.593. The summed E-state index contributed by atoms with van der Waals surface area (Å²) in [5.41, 5.74) is 0.981. The molecule has 6 heteroatoms. The van der Waals surface area contributed by atoms with Crippen molar-refractivity contribution in [2.24, 2.45) is 11.3 Å². The fourth-order valence-corrected chi connectivity index (χ4v) is 3.53. The first-order valence-electron chi connectivity index (χ1n) is 8.84. The summed E-state index contributed by atoms with van der Waals surface area (Å²) in [4.78, 5) is 31.4. The first kappa shape index (κ1) is 17.5. The Labute approximate surface area is 147 Å². The SMILES string of the molecule is CCOC(=O)[C@]1(C(C)C)CCN(C(=O)Cc2cn3ccccc3n2)C1. The number of pyridine rings is 1. The lowest BCUT2D eigenvalue weighted by Gasteiger charge is -2.30. The van der Waals surface area contributed by atoms with Crippen LogP contribution >= 0.6 is 0 Å². The topological polar surface area (TPSA) is 63.9 Å². The Morgan fingerprint density at radius 3 is 2.84 bits per heavy atom. The van der Waals surface area contributed by atoms with Gasteiger partial charge in [-0.1, -0.05) is 19.9 Å². The molecular formula is C19H25N3O3. The minimum absolute atomic E-state index is 0.00947. The average Bonchev–Trinajstić information content (AvgIpc) is 3.19. The fraction of sp³-hybridized carbons (Fsp3) is 0.526. The van der Waals surface area contributed by atoms with Gasteiger partial charge in [-0.2, -0.15) is 0 Å². The van der Waals surface area contributed by atoms with Crippen LogP contribution in [0.4, 0.5) is 0 Å². The summed E-state index contributed by atoms with van der Waals surface area (Å²) >= 11 is 0. The molecule has 1 aliphatic rings. The predicted molar refractivity (Wildman–Crippen MR) is 94.0 cm³/mol. The van der Waals surface area contributed by atoms with Crippen LogP contribution < -0.4 is 0 Å². The quantitative estimate of drug-likeness (QED) is 0.782. The van der Waals surface area contributed by atoms with Gasteiger partial charge in [0.25, 0.3) is 0 Å². The number of rotatable bonds is 5. The van der Waals surface area contributed by atoms with E-state index in [1.54, 1.807) is 4.90 Å². The van der Waals surface area contributed by atoms with E-state index in [0.717, 1.165) is 11.3 Å². The summed E-state index contributed by atoms with van der Waals surface area (Å²) in [6, 6.07) is 5.76. The second kappa shape index (κ2) is 6.86. The van der Waals surface area contributed by atoms with Gasteiger partial charge in [0.15, 0.2) is 0 Å². The molecule has 0 radical (unpaired) electrons. The molecule has 1 amide bonds. The number of carbonyl (C=O) groups is 2. The third kappa shape index (κ3) is 3.25. The predicted octanol–water partition coefficient (Wildman–Crippen LogP) is 2.31. The lowest BCUT2D eigenvalue weighted by atomic mass is 9.76. The Hall–Kier alpha value is -2.37. The average molecular weight is 343 g/mol. The molecule has 0 unspecified atom stereocenters. The van der Waals surface area contributed by atoms with Crippen LogP contribution in [0, 0.1) is 11.3 Å². The summed E-state index contributed by atoms with van der Waals surface area (Å²) in [5.74, 6) is -0.0530. The number of likely N-dealkylation sites (tertiary alicyclic amines) is 1.